The summed E-state index contributed by atoms with van der Waals surface area (Å²) in [6, 6.07) is 18.4. The fourth-order valence-electron chi connectivity index (χ4n) is 4.04. The van der Waals surface area contributed by atoms with E-state index in [1.54, 1.807) is 24.5 Å². The van der Waals surface area contributed by atoms with Gasteiger partial charge in [0.1, 0.15) is 11.6 Å². The Hall–Kier alpha value is -4.11. The summed E-state index contributed by atoms with van der Waals surface area (Å²) in [5.74, 6) is 3.16. The number of hydrogen-bond acceptors (Lipinski definition) is 5. The average Bonchev–Trinajstić information content (AvgIpc) is 3.51. The second-order valence-electron chi connectivity index (χ2n) is 8.31. The number of hydrogen-bond donors (Lipinski definition) is 0. The lowest BCUT2D eigenvalue weighted by molar-refractivity contribution is 0.283. The van der Waals surface area contributed by atoms with Crippen LogP contribution in [0.4, 0.5) is 4.39 Å². The first-order chi connectivity index (χ1) is 16.7. The van der Waals surface area contributed by atoms with E-state index in [0.717, 1.165) is 52.3 Å². The smallest absolute Gasteiger partial charge is 0.195 e. The molecular formula is C28H23FN4O. The summed E-state index contributed by atoms with van der Waals surface area (Å²) in [6.07, 6.45) is 11.7. The molecule has 0 fully saturated rings. The average molecular weight is 451 g/mol. The predicted octanol–water partition coefficient (Wildman–Crippen LogP) is 6.33. The van der Waals surface area contributed by atoms with E-state index >= 15 is 0 Å². The third-order valence-corrected chi connectivity index (χ3v) is 6.03. The van der Waals surface area contributed by atoms with E-state index in [4.69, 9.17) is 16.2 Å². The van der Waals surface area contributed by atoms with Gasteiger partial charge in [-0.25, -0.2) is 4.39 Å². The van der Waals surface area contributed by atoms with Gasteiger partial charge in [-0.1, -0.05) is 0 Å². The molecule has 0 saturated carbocycles. The highest BCUT2D eigenvalue weighted by atomic mass is 19.1. The molecule has 0 spiro atoms. The number of nitrogens with zero attached hydrogens (tertiary/aromatic N) is 4. The van der Waals surface area contributed by atoms with E-state index in [1.165, 1.54) is 12.1 Å². The highest BCUT2D eigenvalue weighted by Crippen LogP contribution is 2.38. The number of allylic oxidation sites excluding steroid dienone is 1. The molecule has 2 aliphatic rings. The van der Waals surface area contributed by atoms with Crippen LogP contribution >= 0.6 is 0 Å². The van der Waals surface area contributed by atoms with Gasteiger partial charge >= 0.3 is 0 Å². The minimum atomic E-state index is -0.337. The topological polar surface area (TPSA) is 59.2 Å². The fraction of sp³-hybridized carbons (Fsp3) is 0.214. The van der Waals surface area contributed by atoms with Crippen molar-refractivity contribution in [3.8, 4) is 18.1 Å². The number of terminal acetylenes is 1. The zero-order chi connectivity index (χ0) is 23.4. The quantitative estimate of drug-likeness (QED) is 0.358. The van der Waals surface area contributed by atoms with Crippen molar-refractivity contribution < 1.29 is 9.13 Å². The molecule has 0 atom stereocenters. The Bertz CT molecular complexity index is 1300. The molecule has 1 aromatic heterocycles. The molecule has 5 rings (SSSR count). The van der Waals surface area contributed by atoms with Crippen LogP contribution < -0.4 is 4.74 Å². The van der Waals surface area contributed by atoms with Crippen molar-refractivity contribution in [3.63, 3.8) is 0 Å². The minimum absolute atomic E-state index is 0.265. The van der Waals surface area contributed by atoms with Gasteiger partial charge in [0, 0.05) is 43.6 Å². The highest BCUT2D eigenvalue weighted by molar-refractivity contribution is 6.16. The highest BCUT2D eigenvalue weighted by Gasteiger charge is 2.38. The third-order valence-electron chi connectivity index (χ3n) is 6.03. The van der Waals surface area contributed by atoms with Crippen LogP contribution in [0, 0.1) is 18.2 Å². The summed E-state index contributed by atoms with van der Waals surface area (Å²) in [5, 5.41) is 8.28. The summed E-state index contributed by atoms with van der Waals surface area (Å²) < 4.78 is 19.4. The molecule has 0 aliphatic carbocycles. The van der Waals surface area contributed by atoms with Gasteiger partial charge in [-0.3, -0.25) is 9.98 Å². The Morgan fingerprint density at radius 2 is 1.59 bits per heavy atom. The van der Waals surface area contributed by atoms with Crippen LogP contribution in [0.5, 0.6) is 5.75 Å². The van der Waals surface area contributed by atoms with Crippen molar-refractivity contribution in [3.05, 3.63) is 95.6 Å². The van der Waals surface area contributed by atoms with Crippen LogP contribution in [-0.4, -0.2) is 23.0 Å². The van der Waals surface area contributed by atoms with Gasteiger partial charge in [-0.2, -0.15) is 10.2 Å². The third kappa shape index (κ3) is 4.79. The van der Waals surface area contributed by atoms with Crippen molar-refractivity contribution in [1.82, 2.24) is 4.98 Å². The van der Waals surface area contributed by atoms with Gasteiger partial charge in [0.25, 0.3) is 0 Å². The monoisotopic (exact) mass is 450 g/mol. The molecule has 0 amide bonds. The van der Waals surface area contributed by atoms with Crippen LogP contribution in [0.15, 0.2) is 88.3 Å². The van der Waals surface area contributed by atoms with Crippen LogP contribution in [0.2, 0.25) is 0 Å². The number of aliphatic imine (C=N–C) groups is 1. The maximum atomic E-state index is 13.5. The standard InChI is InChI=1S/C28H23FN4O/c1-2-3-14-28(32-33-28)15-18-34-24-10-6-21(7-11-24)26-19-25(20-12-16-30-17-13-20)27(31-26)22-4-8-23(29)9-5-22/h1,4-13,16-17H,3,14-15,18-19H2. The summed E-state index contributed by atoms with van der Waals surface area (Å²) in [6.45, 7) is 0.528. The molecule has 168 valence electrons. The Morgan fingerprint density at radius 3 is 2.26 bits per heavy atom. The zero-order valence-electron chi connectivity index (χ0n) is 18.6. The van der Waals surface area contributed by atoms with E-state index in [2.05, 4.69) is 21.1 Å². The maximum Gasteiger partial charge on any atom is 0.195 e. The number of aromatic nitrogens is 1. The number of benzene rings is 2. The first-order valence-corrected chi connectivity index (χ1v) is 11.2. The van der Waals surface area contributed by atoms with Crippen molar-refractivity contribution >= 4 is 17.0 Å². The Balaban J connectivity index is 1.30. The molecule has 0 N–H and O–H groups in total. The van der Waals surface area contributed by atoms with Gasteiger partial charge in [-0.05, 0) is 77.4 Å². The molecule has 3 heterocycles. The van der Waals surface area contributed by atoms with Gasteiger partial charge in [0.05, 0.1) is 18.0 Å². The second-order valence-corrected chi connectivity index (χ2v) is 8.31. The van der Waals surface area contributed by atoms with Crippen LogP contribution in [0.1, 0.15) is 42.4 Å². The molecule has 6 heteroatoms. The van der Waals surface area contributed by atoms with Gasteiger partial charge in [0.15, 0.2) is 5.66 Å². The van der Waals surface area contributed by atoms with Crippen molar-refractivity contribution in [2.75, 3.05) is 6.61 Å². The molecule has 3 aromatic rings. The van der Waals surface area contributed by atoms with E-state index < -0.39 is 0 Å². The first-order valence-electron chi connectivity index (χ1n) is 11.2. The number of rotatable bonds is 9. The van der Waals surface area contributed by atoms with Crippen LogP contribution in [-0.2, 0) is 0 Å². The van der Waals surface area contributed by atoms with E-state index in [9.17, 15) is 4.39 Å². The van der Waals surface area contributed by atoms with E-state index in [1.807, 2.05) is 36.4 Å². The van der Waals surface area contributed by atoms with Crippen LogP contribution in [0.25, 0.3) is 11.3 Å². The number of pyridine rings is 1. The first kappa shape index (κ1) is 21.7. The molecule has 0 saturated heterocycles. The number of halogens is 1. The van der Waals surface area contributed by atoms with Gasteiger partial charge in [0.2, 0.25) is 0 Å². The van der Waals surface area contributed by atoms with Crippen molar-refractivity contribution in [2.24, 2.45) is 15.2 Å². The van der Waals surface area contributed by atoms with Gasteiger partial charge in [-0.15, -0.1) is 12.3 Å². The molecule has 34 heavy (non-hydrogen) atoms. The SMILES string of the molecule is C#CCCC1(CCOc2ccc(C3=NC(c4ccc(F)cc4)=C(c4ccncc4)C3)cc2)N=N1. The summed E-state index contributed by atoms with van der Waals surface area (Å²) in [5.41, 5.74) is 5.54. The van der Waals surface area contributed by atoms with E-state index in [-0.39, 0.29) is 11.5 Å². The Morgan fingerprint density at radius 1 is 0.882 bits per heavy atom. The largest absolute Gasteiger partial charge is 0.493 e. The molecule has 0 bridgehead atoms. The molecule has 5 nitrogen and oxygen atoms in total. The van der Waals surface area contributed by atoms with Crippen LogP contribution in [0.3, 0.4) is 0 Å². The molecule has 0 radical (unpaired) electrons. The maximum absolute atomic E-state index is 13.5. The lowest BCUT2D eigenvalue weighted by Crippen LogP contribution is -2.15. The molecule has 2 aromatic carbocycles. The lowest BCUT2D eigenvalue weighted by Gasteiger charge is -2.11. The van der Waals surface area contributed by atoms with Crippen molar-refractivity contribution in [2.45, 2.75) is 31.3 Å². The summed E-state index contributed by atoms with van der Waals surface area (Å²) >= 11 is 0. The summed E-state index contributed by atoms with van der Waals surface area (Å²) in [7, 11) is 0. The normalized spacial score (nSPS) is 15.7. The van der Waals surface area contributed by atoms with E-state index in [0.29, 0.717) is 19.4 Å². The second kappa shape index (κ2) is 9.40. The fourth-order valence-corrected chi connectivity index (χ4v) is 4.04. The number of ether oxygens (including phenoxy) is 1. The van der Waals surface area contributed by atoms with Crippen molar-refractivity contribution in [1.29, 1.82) is 0 Å². The zero-order valence-corrected chi connectivity index (χ0v) is 18.6. The summed E-state index contributed by atoms with van der Waals surface area (Å²) in [4.78, 5) is 9.08. The molecule has 0 unspecified atom stereocenters. The Labute approximate surface area is 198 Å². The Kier molecular flexibility index (Phi) is 6.01. The van der Waals surface area contributed by atoms with Gasteiger partial charge < -0.3 is 4.74 Å². The predicted molar refractivity (Wildman–Crippen MR) is 131 cm³/mol. The molecule has 2 aliphatic heterocycles. The molecular weight excluding hydrogens is 427 g/mol. The minimum Gasteiger partial charge on any atom is -0.493 e. The lowest BCUT2D eigenvalue weighted by atomic mass is 9.97.